The van der Waals surface area contributed by atoms with Crippen LogP contribution < -0.4 is 15.2 Å². The highest BCUT2D eigenvalue weighted by molar-refractivity contribution is 7.89. The van der Waals surface area contributed by atoms with Crippen molar-refractivity contribution in [3.05, 3.63) is 53.1 Å². The maximum Gasteiger partial charge on any atom is 0.262 e. The van der Waals surface area contributed by atoms with E-state index in [2.05, 4.69) is 5.32 Å². The van der Waals surface area contributed by atoms with Crippen molar-refractivity contribution >= 4 is 21.6 Å². The Labute approximate surface area is 141 Å². The van der Waals surface area contributed by atoms with Gasteiger partial charge in [0.05, 0.1) is 4.90 Å². The molecule has 128 valence electrons. The van der Waals surface area contributed by atoms with E-state index in [1.165, 1.54) is 12.1 Å². The summed E-state index contributed by atoms with van der Waals surface area (Å²) in [6, 6.07) is 10.2. The number of hydrogen-bond acceptors (Lipinski definition) is 4. The van der Waals surface area contributed by atoms with E-state index in [4.69, 9.17) is 9.88 Å². The fourth-order valence-electron chi connectivity index (χ4n) is 2.17. The third kappa shape index (κ3) is 4.33. The highest BCUT2D eigenvalue weighted by Crippen LogP contribution is 2.23. The topological polar surface area (TPSA) is 98.5 Å². The lowest BCUT2D eigenvalue weighted by molar-refractivity contribution is -0.118. The van der Waals surface area contributed by atoms with Gasteiger partial charge in [0.1, 0.15) is 5.75 Å². The van der Waals surface area contributed by atoms with Gasteiger partial charge in [-0.1, -0.05) is 18.2 Å². The van der Waals surface area contributed by atoms with E-state index in [1.807, 2.05) is 25.1 Å². The molecule has 1 amide bonds. The molecule has 0 heterocycles. The summed E-state index contributed by atoms with van der Waals surface area (Å²) in [5.74, 6) is 0.242. The smallest absolute Gasteiger partial charge is 0.262 e. The molecule has 0 aliphatic rings. The van der Waals surface area contributed by atoms with Crippen LogP contribution in [0.15, 0.2) is 41.3 Å². The van der Waals surface area contributed by atoms with E-state index in [1.54, 1.807) is 19.9 Å². The van der Waals surface area contributed by atoms with Gasteiger partial charge in [-0.05, 0) is 55.7 Å². The summed E-state index contributed by atoms with van der Waals surface area (Å²) >= 11 is 0. The number of nitrogens with two attached hydrogens (primary N) is 1. The molecule has 0 bridgehead atoms. The van der Waals surface area contributed by atoms with Gasteiger partial charge in [0.2, 0.25) is 10.0 Å². The molecule has 2 aromatic rings. The molecule has 0 aromatic heterocycles. The van der Waals surface area contributed by atoms with Crippen LogP contribution in [0.2, 0.25) is 0 Å². The van der Waals surface area contributed by atoms with Gasteiger partial charge in [0.15, 0.2) is 6.61 Å². The number of carbonyl (C=O) groups is 1. The Balaban J connectivity index is 2.14. The maximum absolute atomic E-state index is 12.1. The van der Waals surface area contributed by atoms with Crippen LogP contribution in [-0.2, 0) is 14.8 Å². The molecule has 2 aromatic carbocycles. The van der Waals surface area contributed by atoms with Crippen molar-refractivity contribution < 1.29 is 17.9 Å². The summed E-state index contributed by atoms with van der Waals surface area (Å²) in [4.78, 5) is 12.1. The number of carbonyl (C=O) groups excluding carboxylic acids is 1. The fraction of sp³-hybridized carbons (Fsp3) is 0.235. The summed E-state index contributed by atoms with van der Waals surface area (Å²) in [5, 5.41) is 7.83. The van der Waals surface area contributed by atoms with E-state index in [0.717, 1.165) is 16.7 Å². The Hall–Kier alpha value is -2.38. The van der Waals surface area contributed by atoms with Gasteiger partial charge in [0, 0.05) is 5.69 Å². The quantitative estimate of drug-likeness (QED) is 0.866. The molecule has 0 aliphatic carbocycles. The van der Waals surface area contributed by atoms with Gasteiger partial charge in [0.25, 0.3) is 5.91 Å². The Morgan fingerprint density at radius 2 is 1.79 bits per heavy atom. The first-order chi connectivity index (χ1) is 11.2. The average molecular weight is 348 g/mol. The molecule has 0 aliphatic heterocycles. The van der Waals surface area contributed by atoms with Crippen molar-refractivity contribution in [1.82, 2.24) is 0 Å². The number of rotatable bonds is 5. The van der Waals surface area contributed by atoms with E-state index < -0.39 is 10.0 Å². The first kappa shape index (κ1) is 18.0. The SMILES string of the molecule is Cc1ccccc1OCC(=O)Nc1cc(S(N)(=O)=O)cc(C)c1C. The number of aryl methyl sites for hydroxylation is 2. The zero-order valence-corrected chi connectivity index (χ0v) is 14.6. The van der Waals surface area contributed by atoms with Crippen LogP contribution in [-0.4, -0.2) is 20.9 Å². The Morgan fingerprint density at radius 1 is 1.12 bits per heavy atom. The second kappa shape index (κ2) is 7.02. The van der Waals surface area contributed by atoms with Crippen molar-refractivity contribution in [1.29, 1.82) is 0 Å². The monoisotopic (exact) mass is 348 g/mol. The number of nitrogens with one attached hydrogen (secondary N) is 1. The number of ether oxygens (including phenoxy) is 1. The minimum atomic E-state index is -3.84. The van der Waals surface area contributed by atoms with Crippen molar-refractivity contribution in [2.45, 2.75) is 25.7 Å². The van der Waals surface area contributed by atoms with E-state index >= 15 is 0 Å². The lowest BCUT2D eigenvalue weighted by atomic mass is 10.1. The Bertz CT molecular complexity index is 876. The van der Waals surface area contributed by atoms with Crippen molar-refractivity contribution in [2.75, 3.05) is 11.9 Å². The number of hydrogen-bond donors (Lipinski definition) is 2. The molecule has 0 saturated carbocycles. The number of para-hydroxylation sites is 1. The number of amides is 1. The number of primary sulfonamides is 1. The Morgan fingerprint density at radius 3 is 2.42 bits per heavy atom. The third-order valence-corrected chi connectivity index (χ3v) is 4.59. The summed E-state index contributed by atoms with van der Waals surface area (Å²) in [7, 11) is -3.84. The molecule has 6 nitrogen and oxygen atoms in total. The summed E-state index contributed by atoms with van der Waals surface area (Å²) < 4.78 is 28.5. The average Bonchev–Trinajstić information content (AvgIpc) is 2.50. The first-order valence-electron chi connectivity index (χ1n) is 7.31. The first-order valence-corrected chi connectivity index (χ1v) is 8.85. The predicted molar refractivity (Wildman–Crippen MR) is 92.6 cm³/mol. The summed E-state index contributed by atoms with van der Waals surface area (Å²) in [5.41, 5.74) is 2.81. The summed E-state index contributed by atoms with van der Waals surface area (Å²) in [6.07, 6.45) is 0. The minimum Gasteiger partial charge on any atom is -0.483 e. The molecule has 2 rings (SSSR count). The second-order valence-corrected chi connectivity index (χ2v) is 7.12. The number of sulfonamides is 1. The van der Waals surface area contributed by atoms with Crippen molar-refractivity contribution in [3.63, 3.8) is 0 Å². The van der Waals surface area contributed by atoms with E-state index in [9.17, 15) is 13.2 Å². The molecule has 7 heteroatoms. The molecule has 0 fully saturated rings. The molecule has 0 radical (unpaired) electrons. The van der Waals surface area contributed by atoms with E-state index in [0.29, 0.717) is 11.4 Å². The zero-order chi connectivity index (χ0) is 17.9. The normalized spacial score (nSPS) is 11.2. The molecule has 0 spiro atoms. The van der Waals surface area contributed by atoms with Crippen LogP contribution in [0.25, 0.3) is 0 Å². The van der Waals surface area contributed by atoms with Crippen LogP contribution >= 0.6 is 0 Å². The molecule has 0 unspecified atom stereocenters. The van der Waals surface area contributed by atoms with Gasteiger partial charge in [-0.25, -0.2) is 13.6 Å². The number of benzene rings is 2. The fourth-order valence-corrected chi connectivity index (χ4v) is 2.79. The Kier molecular flexibility index (Phi) is 5.26. The van der Waals surface area contributed by atoms with Crippen LogP contribution in [0.5, 0.6) is 5.75 Å². The van der Waals surface area contributed by atoms with Gasteiger partial charge in [-0.3, -0.25) is 4.79 Å². The molecular weight excluding hydrogens is 328 g/mol. The lowest BCUT2D eigenvalue weighted by Gasteiger charge is -2.13. The second-order valence-electron chi connectivity index (χ2n) is 5.56. The zero-order valence-electron chi connectivity index (χ0n) is 13.8. The highest BCUT2D eigenvalue weighted by Gasteiger charge is 2.14. The van der Waals surface area contributed by atoms with Crippen LogP contribution in [0.3, 0.4) is 0 Å². The standard InChI is InChI=1S/C17H20N2O4S/c1-11-6-4-5-7-16(11)23-10-17(20)19-15-9-14(24(18,21)22)8-12(2)13(15)3/h4-9H,10H2,1-3H3,(H,19,20)(H2,18,21,22). The lowest BCUT2D eigenvalue weighted by Crippen LogP contribution is -2.21. The van der Waals surface area contributed by atoms with Crippen molar-refractivity contribution in [2.24, 2.45) is 5.14 Å². The number of anilines is 1. The van der Waals surface area contributed by atoms with Crippen LogP contribution in [0.1, 0.15) is 16.7 Å². The molecular formula is C17H20N2O4S. The van der Waals surface area contributed by atoms with Crippen LogP contribution in [0, 0.1) is 20.8 Å². The molecule has 0 saturated heterocycles. The molecule has 0 atom stereocenters. The van der Waals surface area contributed by atoms with E-state index in [-0.39, 0.29) is 17.4 Å². The molecule has 24 heavy (non-hydrogen) atoms. The van der Waals surface area contributed by atoms with Gasteiger partial charge >= 0.3 is 0 Å². The van der Waals surface area contributed by atoms with Crippen LogP contribution in [0.4, 0.5) is 5.69 Å². The minimum absolute atomic E-state index is 0.0410. The predicted octanol–water partition coefficient (Wildman–Crippen LogP) is 2.28. The van der Waals surface area contributed by atoms with Gasteiger partial charge in [-0.2, -0.15) is 0 Å². The highest BCUT2D eigenvalue weighted by atomic mass is 32.2. The van der Waals surface area contributed by atoms with Gasteiger partial charge in [-0.15, -0.1) is 0 Å². The molecule has 3 N–H and O–H groups in total. The van der Waals surface area contributed by atoms with Gasteiger partial charge < -0.3 is 10.1 Å². The maximum atomic E-state index is 12.1. The third-order valence-electron chi connectivity index (χ3n) is 3.70. The largest absolute Gasteiger partial charge is 0.483 e. The summed E-state index contributed by atoms with van der Waals surface area (Å²) in [6.45, 7) is 5.25. The van der Waals surface area contributed by atoms with Crippen molar-refractivity contribution in [3.8, 4) is 5.75 Å².